The first-order chi connectivity index (χ1) is 8.13. The van der Waals surface area contributed by atoms with Gasteiger partial charge in [-0.25, -0.2) is 0 Å². The minimum atomic E-state index is 0.633. The molecule has 0 N–H and O–H groups in total. The molecular formula is C14H22BrNO. The quantitative estimate of drug-likeness (QED) is 0.756. The zero-order valence-electron chi connectivity index (χ0n) is 10.9. The normalized spacial score (nSPS) is 12.8. The third kappa shape index (κ3) is 5.55. The number of benzene rings is 1. The molecule has 0 aromatic heterocycles. The highest BCUT2D eigenvalue weighted by atomic mass is 79.9. The van der Waals surface area contributed by atoms with E-state index in [-0.39, 0.29) is 0 Å². The van der Waals surface area contributed by atoms with Gasteiger partial charge >= 0.3 is 0 Å². The van der Waals surface area contributed by atoms with E-state index in [4.69, 9.17) is 4.74 Å². The Kier molecular flexibility index (Phi) is 6.60. The fraction of sp³-hybridized carbons (Fsp3) is 0.571. The van der Waals surface area contributed by atoms with Crippen LogP contribution in [0.25, 0.3) is 0 Å². The fourth-order valence-corrected chi connectivity index (χ4v) is 1.96. The van der Waals surface area contributed by atoms with Crippen LogP contribution in [0.5, 0.6) is 5.75 Å². The summed E-state index contributed by atoms with van der Waals surface area (Å²) in [4.78, 5) is 2.35. The Morgan fingerprint density at radius 2 is 1.94 bits per heavy atom. The van der Waals surface area contributed by atoms with Gasteiger partial charge in [0.2, 0.25) is 0 Å². The summed E-state index contributed by atoms with van der Waals surface area (Å²) in [6, 6.07) is 8.60. The van der Waals surface area contributed by atoms with Crippen molar-refractivity contribution in [1.29, 1.82) is 0 Å². The summed E-state index contributed by atoms with van der Waals surface area (Å²) in [5, 5.41) is 0. The van der Waals surface area contributed by atoms with Gasteiger partial charge in [-0.3, -0.25) is 0 Å². The predicted octanol–water partition coefficient (Wildman–Crippen LogP) is 3.95. The van der Waals surface area contributed by atoms with Crippen LogP contribution >= 0.6 is 15.9 Å². The van der Waals surface area contributed by atoms with Crippen molar-refractivity contribution in [3.63, 3.8) is 0 Å². The van der Waals surface area contributed by atoms with Crippen molar-refractivity contribution in [2.24, 2.45) is 0 Å². The summed E-state index contributed by atoms with van der Waals surface area (Å²) in [7, 11) is 2.16. The molecule has 3 heteroatoms. The highest BCUT2D eigenvalue weighted by Gasteiger charge is 2.07. The Morgan fingerprint density at radius 1 is 1.29 bits per heavy atom. The lowest BCUT2D eigenvalue weighted by molar-refractivity contribution is 0.193. The topological polar surface area (TPSA) is 12.5 Å². The maximum atomic E-state index is 5.70. The highest BCUT2D eigenvalue weighted by molar-refractivity contribution is 9.10. The van der Waals surface area contributed by atoms with Crippen molar-refractivity contribution in [3.8, 4) is 5.75 Å². The Bertz CT molecular complexity index is 313. The van der Waals surface area contributed by atoms with Gasteiger partial charge in [-0.2, -0.15) is 0 Å². The van der Waals surface area contributed by atoms with Gasteiger partial charge < -0.3 is 9.64 Å². The summed E-state index contributed by atoms with van der Waals surface area (Å²) in [5.41, 5.74) is 0. The van der Waals surface area contributed by atoms with E-state index in [0.29, 0.717) is 6.04 Å². The number of ether oxygens (including phenoxy) is 1. The monoisotopic (exact) mass is 299 g/mol. The minimum absolute atomic E-state index is 0.633. The molecule has 1 unspecified atom stereocenters. The maximum absolute atomic E-state index is 5.70. The molecule has 96 valence electrons. The number of hydrogen-bond acceptors (Lipinski definition) is 2. The molecule has 0 heterocycles. The molecule has 1 aromatic rings. The maximum Gasteiger partial charge on any atom is 0.119 e. The highest BCUT2D eigenvalue weighted by Crippen LogP contribution is 2.16. The van der Waals surface area contributed by atoms with Crippen molar-refractivity contribution < 1.29 is 4.74 Å². The van der Waals surface area contributed by atoms with E-state index in [9.17, 15) is 0 Å². The van der Waals surface area contributed by atoms with Crippen LogP contribution in [0.2, 0.25) is 0 Å². The van der Waals surface area contributed by atoms with Crippen LogP contribution in [0.15, 0.2) is 28.7 Å². The average Bonchev–Trinajstić information content (AvgIpc) is 2.32. The lowest BCUT2D eigenvalue weighted by Gasteiger charge is -2.24. The smallest absolute Gasteiger partial charge is 0.119 e. The fourth-order valence-electron chi connectivity index (χ4n) is 1.70. The van der Waals surface area contributed by atoms with Gasteiger partial charge in [0.1, 0.15) is 12.4 Å². The van der Waals surface area contributed by atoms with E-state index in [2.05, 4.69) is 41.7 Å². The van der Waals surface area contributed by atoms with Crippen LogP contribution in [0.1, 0.15) is 26.7 Å². The zero-order valence-corrected chi connectivity index (χ0v) is 12.5. The Morgan fingerprint density at radius 3 is 2.53 bits per heavy atom. The second-order valence-corrected chi connectivity index (χ2v) is 5.34. The van der Waals surface area contributed by atoms with E-state index < -0.39 is 0 Å². The van der Waals surface area contributed by atoms with Crippen molar-refractivity contribution >= 4 is 15.9 Å². The molecule has 0 aliphatic carbocycles. The van der Waals surface area contributed by atoms with E-state index in [1.807, 2.05) is 24.3 Å². The summed E-state index contributed by atoms with van der Waals surface area (Å²) < 4.78 is 6.78. The molecule has 0 radical (unpaired) electrons. The van der Waals surface area contributed by atoms with Gasteiger partial charge in [0.15, 0.2) is 0 Å². The van der Waals surface area contributed by atoms with Gasteiger partial charge in [-0.15, -0.1) is 0 Å². The summed E-state index contributed by atoms with van der Waals surface area (Å²) in [6.07, 6.45) is 2.48. The van der Waals surface area contributed by atoms with Crippen LogP contribution in [0.4, 0.5) is 0 Å². The summed E-state index contributed by atoms with van der Waals surface area (Å²) in [6.45, 7) is 6.20. The second-order valence-electron chi connectivity index (χ2n) is 4.42. The lowest BCUT2D eigenvalue weighted by atomic mass is 10.2. The lowest BCUT2D eigenvalue weighted by Crippen LogP contribution is -2.32. The first-order valence-corrected chi connectivity index (χ1v) is 7.01. The molecule has 0 spiro atoms. The van der Waals surface area contributed by atoms with E-state index in [1.54, 1.807) is 0 Å². The molecule has 0 aliphatic rings. The van der Waals surface area contributed by atoms with E-state index in [0.717, 1.165) is 23.4 Å². The van der Waals surface area contributed by atoms with Crippen molar-refractivity contribution in [2.75, 3.05) is 20.2 Å². The largest absolute Gasteiger partial charge is 0.492 e. The molecule has 0 fully saturated rings. The summed E-state index contributed by atoms with van der Waals surface area (Å²) >= 11 is 3.41. The molecule has 1 aromatic carbocycles. The molecular weight excluding hydrogens is 278 g/mol. The number of likely N-dealkylation sites (N-methyl/N-ethyl adjacent to an activating group) is 1. The zero-order chi connectivity index (χ0) is 12.7. The van der Waals surface area contributed by atoms with Crippen LogP contribution in [-0.4, -0.2) is 31.1 Å². The molecule has 1 rings (SSSR count). The molecule has 2 nitrogen and oxygen atoms in total. The second kappa shape index (κ2) is 7.72. The molecule has 0 aliphatic heterocycles. The standard InChI is InChI=1S/C14H22BrNO/c1-4-5-12(2)16(3)10-11-17-14-8-6-13(15)7-9-14/h6-9,12H,4-5,10-11H2,1-3H3. The third-order valence-corrected chi connectivity index (χ3v) is 3.51. The number of nitrogens with zero attached hydrogens (tertiary/aromatic N) is 1. The van der Waals surface area contributed by atoms with Gasteiger partial charge in [0.05, 0.1) is 0 Å². The number of hydrogen-bond donors (Lipinski definition) is 0. The minimum Gasteiger partial charge on any atom is -0.492 e. The Balaban J connectivity index is 2.25. The van der Waals surface area contributed by atoms with Crippen molar-refractivity contribution in [2.45, 2.75) is 32.7 Å². The molecule has 0 saturated heterocycles. The molecule has 0 saturated carbocycles. The van der Waals surface area contributed by atoms with Gasteiger partial charge in [-0.05, 0) is 44.7 Å². The Labute approximate surface area is 113 Å². The number of halogens is 1. The molecule has 1 atom stereocenters. The van der Waals surface area contributed by atoms with Crippen LogP contribution < -0.4 is 4.74 Å². The summed E-state index contributed by atoms with van der Waals surface area (Å²) in [5.74, 6) is 0.935. The molecule has 0 amide bonds. The average molecular weight is 300 g/mol. The Hall–Kier alpha value is -0.540. The third-order valence-electron chi connectivity index (χ3n) is 2.99. The van der Waals surface area contributed by atoms with Gasteiger partial charge in [0.25, 0.3) is 0 Å². The molecule has 17 heavy (non-hydrogen) atoms. The first-order valence-electron chi connectivity index (χ1n) is 6.22. The molecule has 0 bridgehead atoms. The van der Waals surface area contributed by atoms with Gasteiger partial charge in [-0.1, -0.05) is 29.3 Å². The van der Waals surface area contributed by atoms with E-state index in [1.165, 1.54) is 12.8 Å². The SMILES string of the molecule is CCCC(C)N(C)CCOc1ccc(Br)cc1. The van der Waals surface area contributed by atoms with Gasteiger partial charge in [0, 0.05) is 17.1 Å². The van der Waals surface area contributed by atoms with Crippen LogP contribution in [0, 0.1) is 0 Å². The van der Waals surface area contributed by atoms with Crippen LogP contribution in [0.3, 0.4) is 0 Å². The van der Waals surface area contributed by atoms with E-state index >= 15 is 0 Å². The predicted molar refractivity (Wildman–Crippen MR) is 76.6 cm³/mol. The first kappa shape index (κ1) is 14.5. The van der Waals surface area contributed by atoms with Crippen LogP contribution in [-0.2, 0) is 0 Å². The number of rotatable bonds is 7. The van der Waals surface area contributed by atoms with Crippen molar-refractivity contribution in [1.82, 2.24) is 4.90 Å². The van der Waals surface area contributed by atoms with Crippen molar-refractivity contribution in [3.05, 3.63) is 28.7 Å².